The Hall–Kier alpha value is -0.610. The standard InChI is InChI=1S/C14H16BrClFNO/c15-7-9-2-1-3-10(9)8-18-14(19)12-5-4-11(16)6-13(12)17/h4-6,9-10H,1-3,7-8H2,(H,18,19). The molecule has 1 aromatic rings. The summed E-state index contributed by atoms with van der Waals surface area (Å²) in [6.45, 7) is 0.608. The predicted octanol–water partition coefficient (Wildman–Crippen LogP) is 4.02. The minimum absolute atomic E-state index is 0.0535. The number of hydrogen-bond donors (Lipinski definition) is 1. The largest absolute Gasteiger partial charge is 0.352 e. The summed E-state index contributed by atoms with van der Waals surface area (Å²) in [6, 6.07) is 4.10. The zero-order chi connectivity index (χ0) is 13.8. The fourth-order valence-corrected chi connectivity index (χ4v) is 3.59. The van der Waals surface area contributed by atoms with Crippen molar-refractivity contribution < 1.29 is 9.18 Å². The van der Waals surface area contributed by atoms with E-state index in [1.807, 2.05) is 0 Å². The van der Waals surface area contributed by atoms with Gasteiger partial charge in [-0.25, -0.2) is 4.39 Å². The first-order chi connectivity index (χ1) is 9.11. The smallest absolute Gasteiger partial charge is 0.254 e. The average Bonchev–Trinajstić information content (AvgIpc) is 2.83. The molecule has 0 aromatic heterocycles. The first-order valence-corrected chi connectivity index (χ1v) is 7.91. The van der Waals surface area contributed by atoms with Crippen molar-refractivity contribution in [2.45, 2.75) is 19.3 Å². The molecule has 0 radical (unpaired) electrons. The highest BCUT2D eigenvalue weighted by molar-refractivity contribution is 9.09. The summed E-state index contributed by atoms with van der Waals surface area (Å²) < 4.78 is 13.6. The number of rotatable bonds is 4. The summed E-state index contributed by atoms with van der Waals surface area (Å²) in [4.78, 5) is 11.9. The van der Waals surface area contributed by atoms with Crippen LogP contribution in [0.5, 0.6) is 0 Å². The van der Waals surface area contributed by atoms with E-state index in [2.05, 4.69) is 21.2 Å². The lowest BCUT2D eigenvalue weighted by atomic mass is 9.98. The van der Waals surface area contributed by atoms with Gasteiger partial charge in [-0.15, -0.1) is 0 Å². The molecule has 1 fully saturated rings. The van der Waals surface area contributed by atoms with Gasteiger partial charge in [0.25, 0.3) is 5.91 Å². The van der Waals surface area contributed by atoms with Crippen molar-refractivity contribution in [2.75, 3.05) is 11.9 Å². The van der Waals surface area contributed by atoms with E-state index in [1.165, 1.54) is 25.0 Å². The zero-order valence-corrected chi connectivity index (χ0v) is 12.8. The monoisotopic (exact) mass is 347 g/mol. The van der Waals surface area contributed by atoms with Crippen LogP contribution in [0.15, 0.2) is 18.2 Å². The molecule has 1 aromatic carbocycles. The van der Waals surface area contributed by atoms with E-state index in [1.54, 1.807) is 0 Å². The van der Waals surface area contributed by atoms with Crippen molar-refractivity contribution in [2.24, 2.45) is 11.8 Å². The topological polar surface area (TPSA) is 29.1 Å². The van der Waals surface area contributed by atoms with Crippen molar-refractivity contribution in [1.82, 2.24) is 5.32 Å². The first-order valence-electron chi connectivity index (χ1n) is 6.41. The summed E-state index contributed by atoms with van der Waals surface area (Å²) >= 11 is 9.16. The van der Waals surface area contributed by atoms with Gasteiger partial charge in [0.15, 0.2) is 0 Å². The molecular weight excluding hydrogens is 333 g/mol. The van der Waals surface area contributed by atoms with Gasteiger partial charge in [-0.1, -0.05) is 34.0 Å². The van der Waals surface area contributed by atoms with Crippen molar-refractivity contribution in [1.29, 1.82) is 0 Å². The van der Waals surface area contributed by atoms with Crippen LogP contribution in [0.3, 0.4) is 0 Å². The quantitative estimate of drug-likeness (QED) is 0.818. The summed E-state index contributed by atoms with van der Waals surface area (Å²) in [6.07, 6.45) is 3.52. The van der Waals surface area contributed by atoms with Crippen molar-refractivity contribution >= 4 is 33.4 Å². The molecule has 2 nitrogen and oxygen atoms in total. The van der Waals surface area contributed by atoms with Crippen LogP contribution in [-0.4, -0.2) is 17.8 Å². The molecule has 104 valence electrons. The van der Waals surface area contributed by atoms with E-state index in [4.69, 9.17) is 11.6 Å². The fourth-order valence-electron chi connectivity index (χ4n) is 2.58. The van der Waals surface area contributed by atoms with Crippen LogP contribution in [0.25, 0.3) is 0 Å². The summed E-state index contributed by atoms with van der Waals surface area (Å²) in [5.74, 6) is 0.150. The van der Waals surface area contributed by atoms with Gasteiger partial charge in [-0.3, -0.25) is 4.79 Å². The van der Waals surface area contributed by atoms with E-state index in [0.717, 1.165) is 17.8 Å². The number of carbonyl (C=O) groups excluding carboxylic acids is 1. The molecule has 1 amide bonds. The molecule has 0 spiro atoms. The maximum absolute atomic E-state index is 13.6. The third-order valence-electron chi connectivity index (χ3n) is 3.72. The lowest BCUT2D eigenvalue weighted by molar-refractivity contribution is 0.0941. The van der Waals surface area contributed by atoms with E-state index in [0.29, 0.717) is 23.4 Å². The second-order valence-electron chi connectivity index (χ2n) is 4.94. The number of alkyl halides is 1. The highest BCUT2D eigenvalue weighted by Crippen LogP contribution is 2.32. The van der Waals surface area contributed by atoms with Gasteiger partial charge in [-0.2, -0.15) is 0 Å². The van der Waals surface area contributed by atoms with Gasteiger partial charge in [-0.05, 0) is 42.9 Å². The average molecular weight is 349 g/mol. The molecule has 1 aliphatic rings. The Labute approximate surface area is 125 Å². The Balaban J connectivity index is 1.94. The Morgan fingerprint density at radius 2 is 2.16 bits per heavy atom. The van der Waals surface area contributed by atoms with Gasteiger partial charge >= 0.3 is 0 Å². The second-order valence-corrected chi connectivity index (χ2v) is 6.02. The van der Waals surface area contributed by atoms with Gasteiger partial charge in [0, 0.05) is 16.9 Å². The highest BCUT2D eigenvalue weighted by atomic mass is 79.9. The normalized spacial score (nSPS) is 22.5. The molecular formula is C14H16BrClFNO. The molecule has 1 N–H and O–H groups in total. The van der Waals surface area contributed by atoms with Crippen LogP contribution in [0.2, 0.25) is 5.02 Å². The van der Waals surface area contributed by atoms with Gasteiger partial charge in [0.1, 0.15) is 5.82 Å². The summed E-state index contributed by atoms with van der Waals surface area (Å²) in [5.41, 5.74) is 0.0535. The Morgan fingerprint density at radius 3 is 2.84 bits per heavy atom. The molecule has 0 aliphatic heterocycles. The molecule has 19 heavy (non-hydrogen) atoms. The van der Waals surface area contributed by atoms with E-state index in [-0.39, 0.29) is 11.5 Å². The van der Waals surface area contributed by atoms with Crippen LogP contribution in [0, 0.1) is 17.7 Å². The zero-order valence-electron chi connectivity index (χ0n) is 10.5. The number of nitrogens with one attached hydrogen (secondary N) is 1. The van der Waals surface area contributed by atoms with Crippen LogP contribution < -0.4 is 5.32 Å². The molecule has 0 heterocycles. The number of hydrogen-bond acceptors (Lipinski definition) is 1. The maximum atomic E-state index is 13.6. The molecule has 0 saturated heterocycles. The Morgan fingerprint density at radius 1 is 1.42 bits per heavy atom. The lowest BCUT2D eigenvalue weighted by Crippen LogP contribution is -2.31. The first kappa shape index (κ1) is 14.8. The van der Waals surface area contributed by atoms with Crippen LogP contribution in [-0.2, 0) is 0 Å². The number of benzene rings is 1. The van der Waals surface area contributed by atoms with Crippen LogP contribution in [0.4, 0.5) is 4.39 Å². The minimum atomic E-state index is -0.575. The minimum Gasteiger partial charge on any atom is -0.352 e. The number of halogens is 3. The second kappa shape index (κ2) is 6.71. The van der Waals surface area contributed by atoms with Crippen LogP contribution in [0.1, 0.15) is 29.6 Å². The molecule has 0 bridgehead atoms. The fraction of sp³-hybridized carbons (Fsp3) is 0.500. The van der Waals surface area contributed by atoms with Crippen molar-refractivity contribution in [3.8, 4) is 0 Å². The Kier molecular flexibility index (Phi) is 5.22. The number of amides is 1. The van der Waals surface area contributed by atoms with Crippen LogP contribution >= 0.6 is 27.5 Å². The highest BCUT2D eigenvalue weighted by Gasteiger charge is 2.26. The van der Waals surface area contributed by atoms with E-state index >= 15 is 0 Å². The lowest BCUT2D eigenvalue weighted by Gasteiger charge is -2.17. The van der Waals surface area contributed by atoms with Crippen molar-refractivity contribution in [3.63, 3.8) is 0 Å². The molecule has 1 aliphatic carbocycles. The summed E-state index contributed by atoms with van der Waals surface area (Å²) in [5, 5.41) is 4.08. The van der Waals surface area contributed by atoms with Crippen molar-refractivity contribution in [3.05, 3.63) is 34.6 Å². The van der Waals surface area contributed by atoms with E-state index < -0.39 is 5.82 Å². The van der Waals surface area contributed by atoms with Gasteiger partial charge in [0.2, 0.25) is 0 Å². The molecule has 2 atom stereocenters. The summed E-state index contributed by atoms with van der Waals surface area (Å²) in [7, 11) is 0. The van der Waals surface area contributed by atoms with E-state index in [9.17, 15) is 9.18 Å². The molecule has 1 saturated carbocycles. The molecule has 5 heteroatoms. The van der Waals surface area contributed by atoms with Gasteiger partial charge < -0.3 is 5.32 Å². The SMILES string of the molecule is O=C(NCC1CCCC1CBr)c1ccc(Cl)cc1F. The maximum Gasteiger partial charge on any atom is 0.254 e. The predicted molar refractivity (Wildman–Crippen MR) is 78.4 cm³/mol. The Bertz CT molecular complexity index is 469. The molecule has 2 unspecified atom stereocenters. The molecule has 2 rings (SSSR count). The van der Waals surface area contributed by atoms with Gasteiger partial charge in [0.05, 0.1) is 5.56 Å². The third kappa shape index (κ3) is 3.69. The third-order valence-corrected chi connectivity index (χ3v) is 4.78. The number of carbonyl (C=O) groups is 1.